The van der Waals surface area contributed by atoms with Crippen molar-refractivity contribution in [2.24, 2.45) is 23.7 Å². The molecule has 2 rings (SSSR count). The monoisotopic (exact) mass is 212 g/mol. The van der Waals surface area contributed by atoms with E-state index in [9.17, 15) is 9.59 Å². The first-order chi connectivity index (χ1) is 7.20. The lowest BCUT2D eigenvalue weighted by atomic mass is 9.89. The van der Waals surface area contributed by atoms with Crippen LogP contribution in [-0.2, 0) is 19.1 Å². The Bertz CT molecular complexity index is 286. The molecule has 2 aliphatic rings. The Hall–Kier alpha value is -1.06. The Morgan fingerprint density at radius 3 is 2.33 bits per heavy atom. The van der Waals surface area contributed by atoms with Crippen LogP contribution >= 0.6 is 0 Å². The third-order valence-corrected chi connectivity index (χ3v) is 3.72. The molecule has 0 bridgehead atoms. The molecule has 84 valence electrons. The molecule has 0 radical (unpaired) electrons. The summed E-state index contributed by atoms with van der Waals surface area (Å²) in [5, 5.41) is 0. The van der Waals surface area contributed by atoms with E-state index in [1.165, 1.54) is 14.2 Å². The number of ether oxygens (including phenoxy) is 2. The summed E-state index contributed by atoms with van der Waals surface area (Å²) < 4.78 is 9.49. The van der Waals surface area contributed by atoms with Gasteiger partial charge < -0.3 is 9.47 Å². The topological polar surface area (TPSA) is 52.6 Å². The highest BCUT2D eigenvalue weighted by atomic mass is 16.5. The lowest BCUT2D eigenvalue weighted by Crippen LogP contribution is -2.22. The fourth-order valence-corrected chi connectivity index (χ4v) is 2.98. The minimum Gasteiger partial charge on any atom is -0.469 e. The first-order valence-corrected chi connectivity index (χ1v) is 5.36. The molecule has 0 spiro atoms. The summed E-state index contributed by atoms with van der Waals surface area (Å²) in [5.41, 5.74) is 0. The number of esters is 2. The predicted molar refractivity (Wildman–Crippen MR) is 51.8 cm³/mol. The molecule has 15 heavy (non-hydrogen) atoms. The molecule has 0 aromatic rings. The smallest absolute Gasteiger partial charge is 0.309 e. The first kappa shape index (κ1) is 10.5. The Morgan fingerprint density at radius 2 is 1.73 bits per heavy atom. The summed E-state index contributed by atoms with van der Waals surface area (Å²) in [6.45, 7) is 0. The van der Waals surface area contributed by atoms with Crippen LogP contribution in [0.3, 0.4) is 0 Å². The van der Waals surface area contributed by atoms with Crippen molar-refractivity contribution in [2.75, 3.05) is 14.2 Å². The quantitative estimate of drug-likeness (QED) is 0.641. The van der Waals surface area contributed by atoms with Gasteiger partial charge in [0.05, 0.1) is 26.1 Å². The van der Waals surface area contributed by atoms with Gasteiger partial charge in [-0.1, -0.05) is 6.42 Å². The lowest BCUT2D eigenvalue weighted by Gasteiger charge is -2.17. The summed E-state index contributed by atoms with van der Waals surface area (Å²) >= 11 is 0. The van der Waals surface area contributed by atoms with E-state index in [0.29, 0.717) is 5.92 Å². The standard InChI is InChI=1S/C11H16O4/c1-14-10(12)7-5-3-4-6-8(7)9(6)11(13)15-2/h6-9H,3-5H2,1-2H3. The van der Waals surface area contributed by atoms with Gasteiger partial charge in [0.15, 0.2) is 0 Å². The van der Waals surface area contributed by atoms with E-state index >= 15 is 0 Å². The molecule has 4 nitrogen and oxygen atoms in total. The van der Waals surface area contributed by atoms with Gasteiger partial charge >= 0.3 is 11.9 Å². The molecule has 2 saturated carbocycles. The zero-order chi connectivity index (χ0) is 11.0. The van der Waals surface area contributed by atoms with Crippen molar-refractivity contribution in [2.45, 2.75) is 19.3 Å². The van der Waals surface area contributed by atoms with Gasteiger partial charge in [-0.2, -0.15) is 0 Å². The van der Waals surface area contributed by atoms with Crippen LogP contribution in [0.15, 0.2) is 0 Å². The van der Waals surface area contributed by atoms with Gasteiger partial charge in [0.25, 0.3) is 0 Å². The summed E-state index contributed by atoms with van der Waals surface area (Å²) in [4.78, 5) is 22.9. The largest absolute Gasteiger partial charge is 0.469 e. The Kier molecular flexibility index (Phi) is 2.67. The number of methoxy groups -OCH3 is 2. The van der Waals surface area contributed by atoms with Gasteiger partial charge in [0.1, 0.15) is 0 Å². The fourth-order valence-electron chi connectivity index (χ4n) is 2.98. The summed E-state index contributed by atoms with van der Waals surface area (Å²) in [7, 11) is 2.81. The molecule has 0 amide bonds. The third kappa shape index (κ3) is 1.62. The van der Waals surface area contributed by atoms with Crippen molar-refractivity contribution >= 4 is 11.9 Å². The van der Waals surface area contributed by atoms with E-state index in [-0.39, 0.29) is 29.7 Å². The maximum Gasteiger partial charge on any atom is 0.309 e. The highest BCUT2D eigenvalue weighted by Gasteiger charge is 2.61. The molecule has 0 heterocycles. The van der Waals surface area contributed by atoms with Crippen LogP contribution in [-0.4, -0.2) is 26.2 Å². The van der Waals surface area contributed by atoms with E-state index in [1.807, 2.05) is 0 Å². The van der Waals surface area contributed by atoms with Gasteiger partial charge in [-0.15, -0.1) is 0 Å². The van der Waals surface area contributed by atoms with Crippen LogP contribution in [0.2, 0.25) is 0 Å². The molecule has 2 fully saturated rings. The number of fused-ring (bicyclic) bond motifs is 1. The molecule has 0 aromatic heterocycles. The van der Waals surface area contributed by atoms with Crippen molar-refractivity contribution in [3.8, 4) is 0 Å². The second-order valence-electron chi connectivity index (χ2n) is 4.35. The minimum atomic E-state index is -0.170. The third-order valence-electron chi connectivity index (χ3n) is 3.72. The van der Waals surface area contributed by atoms with Crippen LogP contribution in [0, 0.1) is 23.7 Å². The number of carbonyl (C=O) groups excluding carboxylic acids is 2. The number of carbonyl (C=O) groups is 2. The number of hydrogen-bond donors (Lipinski definition) is 0. The summed E-state index contributed by atoms with van der Waals surface area (Å²) in [6, 6.07) is 0. The number of rotatable bonds is 2. The van der Waals surface area contributed by atoms with Crippen molar-refractivity contribution in [3.63, 3.8) is 0 Å². The highest BCUT2D eigenvalue weighted by Crippen LogP contribution is 2.58. The molecular weight excluding hydrogens is 196 g/mol. The van der Waals surface area contributed by atoms with Gasteiger partial charge in [0, 0.05) is 0 Å². The van der Waals surface area contributed by atoms with E-state index in [4.69, 9.17) is 9.47 Å². The minimum absolute atomic E-state index is 0.0541. The fraction of sp³-hybridized carbons (Fsp3) is 0.818. The molecule has 0 aromatic carbocycles. The summed E-state index contributed by atoms with van der Waals surface area (Å²) in [5.74, 6) is 0.0605. The van der Waals surface area contributed by atoms with Crippen LogP contribution in [0.25, 0.3) is 0 Å². The predicted octanol–water partition coefficient (Wildman–Crippen LogP) is 0.995. The van der Waals surface area contributed by atoms with E-state index < -0.39 is 0 Å². The van der Waals surface area contributed by atoms with Crippen LogP contribution in [0.1, 0.15) is 19.3 Å². The average molecular weight is 212 g/mol. The molecular formula is C11H16O4. The lowest BCUT2D eigenvalue weighted by molar-refractivity contribution is -0.147. The maximum atomic E-state index is 11.5. The molecule has 4 unspecified atom stereocenters. The van der Waals surface area contributed by atoms with Crippen molar-refractivity contribution in [1.82, 2.24) is 0 Å². The van der Waals surface area contributed by atoms with Crippen molar-refractivity contribution in [1.29, 1.82) is 0 Å². The zero-order valence-corrected chi connectivity index (χ0v) is 9.06. The molecule has 4 atom stereocenters. The van der Waals surface area contributed by atoms with E-state index in [0.717, 1.165) is 19.3 Å². The van der Waals surface area contributed by atoms with Crippen LogP contribution in [0.4, 0.5) is 0 Å². The van der Waals surface area contributed by atoms with E-state index in [2.05, 4.69) is 0 Å². The Balaban J connectivity index is 2.05. The highest BCUT2D eigenvalue weighted by molar-refractivity contribution is 5.80. The van der Waals surface area contributed by atoms with Crippen molar-refractivity contribution < 1.29 is 19.1 Å². The van der Waals surface area contributed by atoms with Crippen LogP contribution in [0.5, 0.6) is 0 Å². The van der Waals surface area contributed by atoms with Gasteiger partial charge in [0.2, 0.25) is 0 Å². The molecule has 0 aliphatic heterocycles. The Morgan fingerprint density at radius 1 is 1.07 bits per heavy atom. The number of hydrogen-bond acceptors (Lipinski definition) is 4. The molecule has 0 N–H and O–H groups in total. The molecule has 0 saturated heterocycles. The Labute approximate surface area is 88.9 Å². The average Bonchev–Trinajstić information content (AvgIpc) is 3.00. The van der Waals surface area contributed by atoms with Gasteiger partial charge in [-0.25, -0.2) is 0 Å². The second kappa shape index (κ2) is 3.83. The van der Waals surface area contributed by atoms with Gasteiger partial charge in [-0.05, 0) is 24.7 Å². The van der Waals surface area contributed by atoms with Crippen molar-refractivity contribution in [3.05, 3.63) is 0 Å². The SMILES string of the molecule is COC(=O)C1CCCC2C(C(=O)OC)C12. The van der Waals surface area contributed by atoms with Crippen LogP contribution < -0.4 is 0 Å². The zero-order valence-electron chi connectivity index (χ0n) is 9.06. The molecule has 2 aliphatic carbocycles. The van der Waals surface area contributed by atoms with Gasteiger partial charge in [-0.3, -0.25) is 9.59 Å². The summed E-state index contributed by atoms with van der Waals surface area (Å²) in [6.07, 6.45) is 2.90. The first-order valence-electron chi connectivity index (χ1n) is 5.36. The molecule has 4 heteroatoms. The maximum absolute atomic E-state index is 11.5. The normalized spacial score (nSPS) is 37.7. The second-order valence-corrected chi connectivity index (χ2v) is 4.35. The van der Waals surface area contributed by atoms with E-state index in [1.54, 1.807) is 0 Å².